The van der Waals surface area contributed by atoms with Gasteiger partial charge < -0.3 is 10.3 Å². The van der Waals surface area contributed by atoms with Crippen molar-refractivity contribution in [3.05, 3.63) is 48.5 Å². The fraction of sp³-hybridized carbons (Fsp3) is 0.300. The van der Waals surface area contributed by atoms with Gasteiger partial charge in [0.1, 0.15) is 11.3 Å². The van der Waals surface area contributed by atoms with E-state index in [2.05, 4.69) is 26.4 Å². The number of pyridine rings is 1. The van der Waals surface area contributed by atoms with Crippen LogP contribution in [0.25, 0.3) is 21.9 Å². The number of aryl methyl sites for hydroxylation is 2. The van der Waals surface area contributed by atoms with E-state index in [0.29, 0.717) is 24.3 Å². The first-order valence-electron chi connectivity index (χ1n) is 9.54. The van der Waals surface area contributed by atoms with E-state index in [0.717, 1.165) is 35.1 Å². The third-order valence-electron chi connectivity index (χ3n) is 4.78. The molecule has 3 heterocycles. The number of nitrogens with two attached hydrogens (primary N) is 1. The van der Waals surface area contributed by atoms with Crippen LogP contribution < -0.4 is 5.73 Å². The highest BCUT2D eigenvalue weighted by atomic mass is 32.2. The van der Waals surface area contributed by atoms with Gasteiger partial charge in [0.25, 0.3) is 0 Å². The maximum Gasteiger partial charge on any atom is 0.246 e. The summed E-state index contributed by atoms with van der Waals surface area (Å²) in [5.41, 5.74) is 8.55. The molecule has 150 valence electrons. The van der Waals surface area contributed by atoms with E-state index in [1.165, 1.54) is 12.4 Å². The molecule has 0 spiro atoms. The third-order valence-corrected chi connectivity index (χ3v) is 6.37. The maximum absolute atomic E-state index is 12.5. The molecule has 0 saturated carbocycles. The highest BCUT2D eigenvalue weighted by molar-refractivity contribution is 7.91. The summed E-state index contributed by atoms with van der Waals surface area (Å²) < 4.78 is 27.1. The predicted octanol–water partition coefficient (Wildman–Crippen LogP) is 2.77. The molecule has 0 aliphatic rings. The summed E-state index contributed by atoms with van der Waals surface area (Å²) in [6.45, 7) is 2.59. The Bertz CT molecular complexity index is 1270. The van der Waals surface area contributed by atoms with Crippen LogP contribution in [0.15, 0.2) is 47.9 Å². The van der Waals surface area contributed by atoms with E-state index >= 15 is 0 Å². The van der Waals surface area contributed by atoms with Crippen molar-refractivity contribution in [2.75, 3.05) is 11.5 Å². The highest BCUT2D eigenvalue weighted by Gasteiger charge is 2.20. The summed E-state index contributed by atoms with van der Waals surface area (Å²) >= 11 is 0. The molecule has 9 heteroatoms. The average Bonchev–Trinajstić information content (AvgIpc) is 3.08. The lowest BCUT2D eigenvalue weighted by Gasteiger charge is -2.10. The number of sulfone groups is 1. The van der Waals surface area contributed by atoms with Crippen molar-refractivity contribution in [3.63, 3.8) is 0 Å². The monoisotopic (exact) mass is 410 g/mol. The van der Waals surface area contributed by atoms with Gasteiger partial charge in [-0.1, -0.05) is 25.1 Å². The first-order valence-corrected chi connectivity index (χ1v) is 11.2. The zero-order valence-electron chi connectivity index (χ0n) is 16.1. The standard InChI is InChI=1S/C20H22N6O2S/c1-2-7-16-25-17-18(14-8-3-4-9-15(14)24-19(17)21)26(16)12-6-13-29(27,28)20-22-10-5-11-23-20/h3-5,8-11H,2,6-7,12-13H2,1H3,(H2,21,24). The molecular weight excluding hydrogens is 388 g/mol. The van der Waals surface area contributed by atoms with Crippen LogP contribution in [0.4, 0.5) is 5.82 Å². The van der Waals surface area contributed by atoms with Crippen LogP contribution in [-0.4, -0.2) is 38.7 Å². The zero-order chi connectivity index (χ0) is 20.4. The number of nitrogen functional groups attached to an aromatic ring is 1. The van der Waals surface area contributed by atoms with Gasteiger partial charge in [-0.3, -0.25) is 0 Å². The second-order valence-corrected chi connectivity index (χ2v) is 8.85. The Hall–Kier alpha value is -3.07. The molecule has 8 nitrogen and oxygen atoms in total. The van der Waals surface area contributed by atoms with Crippen LogP contribution in [-0.2, 0) is 22.8 Å². The lowest BCUT2D eigenvalue weighted by Crippen LogP contribution is -2.13. The predicted molar refractivity (Wildman–Crippen MR) is 112 cm³/mol. The lowest BCUT2D eigenvalue weighted by atomic mass is 10.2. The Balaban J connectivity index is 1.72. The molecule has 1 aromatic carbocycles. The van der Waals surface area contributed by atoms with Crippen molar-refractivity contribution in [1.82, 2.24) is 24.5 Å². The molecule has 0 aliphatic carbocycles. The van der Waals surface area contributed by atoms with Crippen LogP contribution >= 0.6 is 0 Å². The minimum absolute atomic E-state index is 0.0409. The summed E-state index contributed by atoms with van der Waals surface area (Å²) in [6, 6.07) is 9.37. The first-order chi connectivity index (χ1) is 14.0. The summed E-state index contributed by atoms with van der Waals surface area (Å²) in [5.74, 6) is 1.24. The molecule has 4 aromatic rings. The van der Waals surface area contributed by atoms with Gasteiger partial charge in [0.05, 0.1) is 16.8 Å². The molecule has 0 radical (unpaired) electrons. The van der Waals surface area contributed by atoms with Gasteiger partial charge in [0.2, 0.25) is 15.0 Å². The SMILES string of the molecule is CCCc1nc2c(N)nc3ccccc3c2n1CCCS(=O)(=O)c1ncccn1. The number of aromatic nitrogens is 5. The molecule has 0 saturated heterocycles. The Morgan fingerprint density at radius 3 is 2.59 bits per heavy atom. The minimum Gasteiger partial charge on any atom is -0.382 e. The number of rotatable bonds is 7. The fourth-order valence-corrected chi connectivity index (χ4v) is 4.64. The smallest absolute Gasteiger partial charge is 0.246 e. The van der Waals surface area contributed by atoms with E-state index in [9.17, 15) is 8.42 Å². The molecule has 0 fully saturated rings. The topological polar surface area (TPSA) is 117 Å². The first kappa shape index (κ1) is 19.3. The van der Waals surface area contributed by atoms with Gasteiger partial charge in [-0.2, -0.15) is 0 Å². The Labute approximate surface area is 168 Å². The number of anilines is 1. The second-order valence-electron chi connectivity index (χ2n) is 6.84. The molecule has 0 aliphatic heterocycles. The lowest BCUT2D eigenvalue weighted by molar-refractivity contribution is 0.576. The zero-order valence-corrected chi connectivity index (χ0v) is 16.9. The number of fused-ring (bicyclic) bond motifs is 3. The largest absolute Gasteiger partial charge is 0.382 e. The second kappa shape index (κ2) is 7.75. The summed E-state index contributed by atoms with van der Waals surface area (Å²) in [6.07, 6.45) is 4.98. The summed E-state index contributed by atoms with van der Waals surface area (Å²) in [7, 11) is -3.54. The Morgan fingerprint density at radius 2 is 1.83 bits per heavy atom. The summed E-state index contributed by atoms with van der Waals surface area (Å²) in [5, 5.41) is 0.823. The van der Waals surface area contributed by atoms with Crippen LogP contribution in [0, 0.1) is 0 Å². The number of imidazole rings is 1. The van der Waals surface area contributed by atoms with Crippen molar-refractivity contribution in [2.24, 2.45) is 0 Å². The van der Waals surface area contributed by atoms with Crippen LogP contribution in [0.5, 0.6) is 0 Å². The van der Waals surface area contributed by atoms with E-state index < -0.39 is 9.84 Å². The maximum atomic E-state index is 12.5. The quantitative estimate of drug-likeness (QED) is 0.466. The number of hydrogen-bond acceptors (Lipinski definition) is 7. The number of para-hydroxylation sites is 1. The van der Waals surface area contributed by atoms with Crippen molar-refractivity contribution in [1.29, 1.82) is 0 Å². The average molecular weight is 411 g/mol. The van der Waals surface area contributed by atoms with Crippen molar-refractivity contribution < 1.29 is 8.42 Å². The van der Waals surface area contributed by atoms with E-state index in [-0.39, 0.29) is 10.9 Å². The number of hydrogen-bond donors (Lipinski definition) is 1. The molecule has 4 rings (SSSR count). The van der Waals surface area contributed by atoms with Crippen LogP contribution in [0.3, 0.4) is 0 Å². The number of benzene rings is 1. The molecular formula is C20H22N6O2S. The van der Waals surface area contributed by atoms with Gasteiger partial charge in [0, 0.05) is 30.7 Å². The molecule has 0 atom stereocenters. The van der Waals surface area contributed by atoms with Gasteiger partial charge in [-0.05, 0) is 25.0 Å². The summed E-state index contributed by atoms with van der Waals surface area (Å²) in [4.78, 5) is 16.9. The highest BCUT2D eigenvalue weighted by Crippen LogP contribution is 2.29. The van der Waals surface area contributed by atoms with Gasteiger partial charge in [-0.15, -0.1) is 0 Å². The van der Waals surface area contributed by atoms with Crippen LogP contribution in [0.2, 0.25) is 0 Å². The number of nitrogens with zero attached hydrogens (tertiary/aromatic N) is 5. The molecule has 2 N–H and O–H groups in total. The fourth-order valence-electron chi connectivity index (χ4n) is 3.51. The third kappa shape index (κ3) is 3.65. The van der Waals surface area contributed by atoms with Crippen molar-refractivity contribution in [2.45, 2.75) is 37.9 Å². The molecule has 0 unspecified atom stereocenters. The molecule has 29 heavy (non-hydrogen) atoms. The van der Waals surface area contributed by atoms with Crippen LogP contribution in [0.1, 0.15) is 25.6 Å². The molecule has 3 aromatic heterocycles. The Kier molecular flexibility index (Phi) is 5.14. The van der Waals surface area contributed by atoms with Crippen molar-refractivity contribution >= 4 is 37.6 Å². The normalized spacial score (nSPS) is 12.0. The Morgan fingerprint density at radius 1 is 1.07 bits per heavy atom. The van der Waals surface area contributed by atoms with E-state index in [4.69, 9.17) is 10.7 Å². The van der Waals surface area contributed by atoms with Gasteiger partial charge in [-0.25, -0.2) is 28.4 Å². The van der Waals surface area contributed by atoms with Crippen molar-refractivity contribution in [3.8, 4) is 0 Å². The van der Waals surface area contributed by atoms with E-state index in [1.54, 1.807) is 6.07 Å². The van der Waals surface area contributed by atoms with Gasteiger partial charge >= 0.3 is 0 Å². The van der Waals surface area contributed by atoms with Gasteiger partial charge in [0.15, 0.2) is 5.82 Å². The molecule has 0 bridgehead atoms. The minimum atomic E-state index is -3.54. The molecule has 0 amide bonds. The van der Waals surface area contributed by atoms with E-state index in [1.807, 2.05) is 24.3 Å².